The van der Waals surface area contributed by atoms with Crippen LogP contribution in [0.25, 0.3) is 27.9 Å². The van der Waals surface area contributed by atoms with Gasteiger partial charge in [-0.25, -0.2) is 14.5 Å². The molecule has 1 fully saturated rings. The smallest absolute Gasteiger partial charge is 0.162 e. The molecule has 4 aromatic rings. The van der Waals surface area contributed by atoms with Gasteiger partial charge in [0.25, 0.3) is 0 Å². The van der Waals surface area contributed by atoms with Gasteiger partial charge in [0.15, 0.2) is 5.65 Å². The van der Waals surface area contributed by atoms with Gasteiger partial charge in [-0.2, -0.15) is 5.10 Å². The Bertz CT molecular complexity index is 1150. The maximum atomic E-state index is 5.90. The van der Waals surface area contributed by atoms with E-state index in [-0.39, 0.29) is 0 Å². The number of benzene rings is 1. The van der Waals surface area contributed by atoms with Crippen LogP contribution in [0.5, 0.6) is 5.75 Å². The summed E-state index contributed by atoms with van der Waals surface area (Å²) < 4.78 is 13.1. The van der Waals surface area contributed by atoms with Crippen molar-refractivity contribution in [2.45, 2.75) is 0 Å². The van der Waals surface area contributed by atoms with Crippen molar-refractivity contribution in [3.63, 3.8) is 0 Å². The molecule has 0 aliphatic carbocycles. The summed E-state index contributed by atoms with van der Waals surface area (Å²) in [6.07, 6.45) is 7.37. The molecule has 158 valence electrons. The van der Waals surface area contributed by atoms with Crippen LogP contribution in [0.2, 0.25) is 0 Å². The number of anilines is 1. The lowest BCUT2D eigenvalue weighted by Gasteiger charge is -2.26. The Morgan fingerprint density at radius 2 is 1.68 bits per heavy atom. The van der Waals surface area contributed by atoms with E-state index in [0.29, 0.717) is 12.4 Å². The van der Waals surface area contributed by atoms with Crippen LogP contribution in [0.4, 0.5) is 5.82 Å². The zero-order valence-electron chi connectivity index (χ0n) is 17.1. The molecule has 3 aromatic heterocycles. The molecule has 0 bridgehead atoms. The molecule has 31 heavy (non-hydrogen) atoms. The topological polar surface area (TPSA) is 90.8 Å². The van der Waals surface area contributed by atoms with E-state index in [4.69, 9.17) is 15.2 Å². The Balaban J connectivity index is 1.27. The van der Waals surface area contributed by atoms with Crippen LogP contribution in [0.1, 0.15) is 0 Å². The number of nitrogens with two attached hydrogens (primary N) is 1. The number of ether oxygens (including phenoxy) is 2. The van der Waals surface area contributed by atoms with E-state index in [2.05, 4.69) is 20.0 Å². The van der Waals surface area contributed by atoms with E-state index in [0.717, 1.165) is 66.5 Å². The Morgan fingerprint density at radius 3 is 2.45 bits per heavy atom. The van der Waals surface area contributed by atoms with Crippen LogP contribution >= 0.6 is 0 Å². The van der Waals surface area contributed by atoms with Crippen LogP contribution in [-0.4, -0.2) is 63.9 Å². The summed E-state index contributed by atoms with van der Waals surface area (Å²) in [6.45, 7) is 5.15. The lowest BCUT2D eigenvalue weighted by molar-refractivity contribution is 0.0322. The number of nitrogen functional groups attached to an aromatic ring is 1. The van der Waals surface area contributed by atoms with E-state index in [9.17, 15) is 0 Å². The summed E-state index contributed by atoms with van der Waals surface area (Å²) in [6, 6.07) is 11.8. The first-order valence-corrected chi connectivity index (χ1v) is 10.3. The third kappa shape index (κ3) is 4.35. The molecule has 8 nitrogen and oxygen atoms in total. The third-order valence-electron chi connectivity index (χ3n) is 5.42. The highest BCUT2D eigenvalue weighted by Gasteiger charge is 2.11. The largest absolute Gasteiger partial charge is 0.492 e. The normalized spacial score (nSPS) is 14.7. The molecular weight excluding hydrogens is 392 g/mol. The molecule has 5 rings (SSSR count). The quantitative estimate of drug-likeness (QED) is 0.517. The first-order chi connectivity index (χ1) is 15.3. The molecule has 1 saturated heterocycles. The zero-order valence-corrected chi connectivity index (χ0v) is 17.1. The highest BCUT2D eigenvalue weighted by atomic mass is 16.5. The minimum absolute atomic E-state index is 0.490. The summed E-state index contributed by atoms with van der Waals surface area (Å²) in [5.74, 6) is 1.35. The van der Waals surface area contributed by atoms with Crippen LogP contribution < -0.4 is 10.5 Å². The van der Waals surface area contributed by atoms with Gasteiger partial charge in [0.1, 0.15) is 18.2 Å². The van der Waals surface area contributed by atoms with Gasteiger partial charge in [-0.1, -0.05) is 12.1 Å². The van der Waals surface area contributed by atoms with Crippen molar-refractivity contribution in [2.75, 3.05) is 45.2 Å². The number of aromatic nitrogens is 4. The number of hydrogen-bond acceptors (Lipinski definition) is 7. The maximum Gasteiger partial charge on any atom is 0.162 e. The Labute approximate surface area is 180 Å². The predicted octanol–water partition coefficient (Wildman–Crippen LogP) is 2.75. The van der Waals surface area contributed by atoms with Crippen LogP contribution in [0.3, 0.4) is 0 Å². The van der Waals surface area contributed by atoms with E-state index in [1.165, 1.54) is 0 Å². The third-order valence-corrected chi connectivity index (χ3v) is 5.42. The van der Waals surface area contributed by atoms with Gasteiger partial charge in [0, 0.05) is 54.9 Å². The van der Waals surface area contributed by atoms with Crippen LogP contribution in [-0.2, 0) is 4.74 Å². The van der Waals surface area contributed by atoms with Gasteiger partial charge in [-0.05, 0) is 29.8 Å². The van der Waals surface area contributed by atoms with Crippen molar-refractivity contribution in [3.8, 4) is 28.0 Å². The molecular formula is C23H24N6O2. The zero-order chi connectivity index (χ0) is 21.0. The van der Waals surface area contributed by atoms with Crippen molar-refractivity contribution in [2.24, 2.45) is 0 Å². The molecule has 1 aliphatic rings. The van der Waals surface area contributed by atoms with Crippen LogP contribution in [0.15, 0.2) is 61.2 Å². The van der Waals surface area contributed by atoms with E-state index < -0.39 is 0 Å². The minimum atomic E-state index is 0.490. The standard InChI is InChI=1S/C23H24N6O2/c24-22-6-3-18(13-25-22)21-15-27-29-16-19(14-26-23(21)29)17-1-4-20(5-2-17)31-12-9-28-7-10-30-11-8-28/h1-6,13-16H,7-12H2,(H2,24,25). The Morgan fingerprint density at radius 1 is 0.903 bits per heavy atom. The van der Waals surface area contributed by atoms with Gasteiger partial charge < -0.3 is 15.2 Å². The number of hydrogen-bond donors (Lipinski definition) is 1. The number of fused-ring (bicyclic) bond motifs is 1. The van der Waals surface area contributed by atoms with Crippen molar-refractivity contribution in [1.29, 1.82) is 0 Å². The fourth-order valence-electron chi connectivity index (χ4n) is 3.65. The van der Waals surface area contributed by atoms with Gasteiger partial charge >= 0.3 is 0 Å². The minimum Gasteiger partial charge on any atom is -0.492 e. The number of rotatable bonds is 6. The second kappa shape index (κ2) is 8.71. The van der Waals surface area contributed by atoms with Gasteiger partial charge in [0.05, 0.1) is 19.4 Å². The highest BCUT2D eigenvalue weighted by molar-refractivity contribution is 5.77. The van der Waals surface area contributed by atoms with Crippen molar-refractivity contribution in [3.05, 3.63) is 61.2 Å². The molecule has 8 heteroatoms. The van der Waals surface area contributed by atoms with Crippen LogP contribution in [0, 0.1) is 0 Å². The van der Waals surface area contributed by atoms with Gasteiger partial charge in [-0.3, -0.25) is 4.90 Å². The fourth-order valence-corrected chi connectivity index (χ4v) is 3.65. The molecule has 2 N–H and O–H groups in total. The number of nitrogens with zero attached hydrogens (tertiary/aromatic N) is 5. The monoisotopic (exact) mass is 416 g/mol. The number of pyridine rings is 1. The summed E-state index contributed by atoms with van der Waals surface area (Å²) >= 11 is 0. The van der Waals surface area contributed by atoms with Crippen molar-refractivity contribution < 1.29 is 9.47 Å². The molecule has 4 heterocycles. The second-order valence-electron chi connectivity index (χ2n) is 7.47. The first kappa shape index (κ1) is 19.5. The lowest BCUT2D eigenvalue weighted by Crippen LogP contribution is -2.38. The molecule has 0 spiro atoms. The lowest BCUT2D eigenvalue weighted by atomic mass is 10.1. The molecule has 1 aromatic carbocycles. The molecule has 0 amide bonds. The summed E-state index contributed by atoms with van der Waals surface area (Å²) in [5, 5.41) is 4.46. The first-order valence-electron chi connectivity index (χ1n) is 10.3. The molecule has 0 atom stereocenters. The second-order valence-corrected chi connectivity index (χ2v) is 7.47. The van der Waals surface area contributed by atoms with E-state index >= 15 is 0 Å². The SMILES string of the molecule is Nc1ccc(-c2cnn3cc(-c4ccc(OCCN5CCOCC5)cc4)cnc23)cn1. The summed E-state index contributed by atoms with van der Waals surface area (Å²) in [5.41, 5.74) is 10.4. The van der Waals surface area contributed by atoms with Crippen molar-refractivity contribution >= 4 is 11.5 Å². The average Bonchev–Trinajstić information content (AvgIpc) is 3.24. The van der Waals surface area contributed by atoms with Crippen molar-refractivity contribution in [1.82, 2.24) is 24.5 Å². The fraction of sp³-hybridized carbons (Fsp3) is 0.261. The molecule has 0 saturated carbocycles. The summed E-state index contributed by atoms with van der Waals surface area (Å²) in [7, 11) is 0. The summed E-state index contributed by atoms with van der Waals surface area (Å²) in [4.78, 5) is 11.1. The maximum absolute atomic E-state index is 5.90. The highest BCUT2D eigenvalue weighted by Crippen LogP contribution is 2.26. The Hall–Kier alpha value is -3.49. The molecule has 0 radical (unpaired) electrons. The number of morpholine rings is 1. The van der Waals surface area contributed by atoms with E-state index in [1.807, 2.05) is 42.7 Å². The van der Waals surface area contributed by atoms with E-state index in [1.54, 1.807) is 23.0 Å². The molecule has 0 unspecified atom stereocenters. The van der Waals surface area contributed by atoms with Gasteiger partial charge in [-0.15, -0.1) is 0 Å². The Kier molecular flexibility index (Phi) is 5.47. The molecule has 1 aliphatic heterocycles. The predicted molar refractivity (Wildman–Crippen MR) is 119 cm³/mol. The van der Waals surface area contributed by atoms with Gasteiger partial charge in [0.2, 0.25) is 0 Å². The average molecular weight is 416 g/mol.